The summed E-state index contributed by atoms with van der Waals surface area (Å²) < 4.78 is 0. The van der Waals surface area contributed by atoms with Crippen LogP contribution in [-0.4, -0.2) is 57.7 Å². The maximum absolute atomic E-state index is 11.4. The number of carboxylic acids is 1. The van der Waals surface area contributed by atoms with Gasteiger partial charge >= 0.3 is 5.97 Å². The number of aliphatic hydroxyl groups excluding tert-OH is 3. The SMILES string of the molecule is CC(C)(CO)C(O)C(=O)NCC(O)CC(=O)O. The largest absolute Gasteiger partial charge is 0.481 e. The quantitative estimate of drug-likeness (QED) is 0.366. The normalized spacial score (nSPS) is 15.1. The molecule has 1 amide bonds. The zero-order valence-corrected chi connectivity index (χ0v) is 9.88. The van der Waals surface area contributed by atoms with Crippen molar-refractivity contribution in [3.63, 3.8) is 0 Å². The summed E-state index contributed by atoms with van der Waals surface area (Å²) in [6, 6.07) is 0. The van der Waals surface area contributed by atoms with E-state index in [1.807, 2.05) is 0 Å². The van der Waals surface area contributed by atoms with E-state index in [9.17, 15) is 19.8 Å². The van der Waals surface area contributed by atoms with E-state index in [4.69, 9.17) is 10.2 Å². The Morgan fingerprint density at radius 2 is 1.82 bits per heavy atom. The van der Waals surface area contributed by atoms with Crippen LogP contribution < -0.4 is 5.32 Å². The van der Waals surface area contributed by atoms with Crippen molar-refractivity contribution in [3.05, 3.63) is 0 Å². The van der Waals surface area contributed by atoms with Crippen LogP contribution in [0.2, 0.25) is 0 Å². The summed E-state index contributed by atoms with van der Waals surface area (Å²) in [5.74, 6) is -1.93. The molecule has 0 spiro atoms. The van der Waals surface area contributed by atoms with Gasteiger partial charge in [-0.15, -0.1) is 0 Å². The molecule has 0 saturated carbocycles. The molecule has 0 aliphatic rings. The lowest BCUT2D eigenvalue weighted by atomic mass is 9.87. The number of hydrogen-bond acceptors (Lipinski definition) is 5. The van der Waals surface area contributed by atoms with E-state index in [0.717, 1.165) is 0 Å². The topological polar surface area (TPSA) is 127 Å². The van der Waals surface area contributed by atoms with Gasteiger partial charge in [-0.2, -0.15) is 0 Å². The van der Waals surface area contributed by atoms with Crippen molar-refractivity contribution < 1.29 is 30.0 Å². The first-order valence-electron chi connectivity index (χ1n) is 5.17. The smallest absolute Gasteiger partial charge is 0.306 e. The molecule has 0 radical (unpaired) electrons. The van der Waals surface area contributed by atoms with E-state index < -0.39 is 35.9 Å². The zero-order valence-electron chi connectivity index (χ0n) is 9.88. The van der Waals surface area contributed by atoms with Crippen molar-refractivity contribution in [2.75, 3.05) is 13.2 Å². The number of carbonyl (C=O) groups is 2. The van der Waals surface area contributed by atoms with E-state index in [-0.39, 0.29) is 13.2 Å². The standard InChI is InChI=1S/C10H19NO6/c1-10(2,5-12)8(16)9(17)11-4-6(13)3-7(14)15/h6,8,12-13,16H,3-5H2,1-2H3,(H,11,17)(H,14,15). The third-order valence-corrected chi connectivity index (χ3v) is 2.32. The van der Waals surface area contributed by atoms with Crippen LogP contribution in [0.4, 0.5) is 0 Å². The van der Waals surface area contributed by atoms with Crippen molar-refractivity contribution in [2.45, 2.75) is 32.5 Å². The summed E-state index contributed by atoms with van der Waals surface area (Å²) in [6.07, 6.45) is -3.12. The molecule has 2 atom stereocenters. The summed E-state index contributed by atoms with van der Waals surface area (Å²) in [5.41, 5.74) is -0.998. The van der Waals surface area contributed by atoms with Gasteiger partial charge in [-0.05, 0) is 0 Å². The molecular weight excluding hydrogens is 230 g/mol. The van der Waals surface area contributed by atoms with E-state index in [1.165, 1.54) is 13.8 Å². The van der Waals surface area contributed by atoms with Crippen molar-refractivity contribution in [2.24, 2.45) is 5.41 Å². The van der Waals surface area contributed by atoms with Gasteiger partial charge in [-0.25, -0.2) is 0 Å². The first-order valence-corrected chi connectivity index (χ1v) is 5.17. The highest BCUT2D eigenvalue weighted by Crippen LogP contribution is 2.19. The second-order valence-corrected chi connectivity index (χ2v) is 4.55. The lowest BCUT2D eigenvalue weighted by Crippen LogP contribution is -2.47. The van der Waals surface area contributed by atoms with E-state index in [0.29, 0.717) is 0 Å². The lowest BCUT2D eigenvalue weighted by molar-refractivity contribution is -0.141. The molecular formula is C10H19NO6. The van der Waals surface area contributed by atoms with Gasteiger partial charge in [-0.1, -0.05) is 13.8 Å². The van der Waals surface area contributed by atoms with Crippen molar-refractivity contribution in [3.8, 4) is 0 Å². The molecule has 0 bridgehead atoms. The summed E-state index contributed by atoms with van der Waals surface area (Å²) in [7, 11) is 0. The molecule has 7 nitrogen and oxygen atoms in total. The third-order valence-electron chi connectivity index (χ3n) is 2.32. The fourth-order valence-electron chi connectivity index (χ4n) is 1.03. The molecule has 5 N–H and O–H groups in total. The van der Waals surface area contributed by atoms with Crippen molar-refractivity contribution in [1.29, 1.82) is 0 Å². The Morgan fingerprint density at radius 1 is 1.29 bits per heavy atom. The minimum absolute atomic E-state index is 0.260. The number of aliphatic hydroxyl groups is 3. The molecule has 0 rings (SSSR count). The Morgan fingerprint density at radius 3 is 2.24 bits per heavy atom. The first kappa shape index (κ1) is 15.8. The number of carboxylic acid groups (broad SMARTS) is 1. The van der Waals surface area contributed by atoms with E-state index >= 15 is 0 Å². The summed E-state index contributed by atoms with van der Waals surface area (Å²) in [5, 5.41) is 38.3. The van der Waals surface area contributed by atoms with Crippen LogP contribution in [-0.2, 0) is 9.59 Å². The zero-order chi connectivity index (χ0) is 13.6. The molecule has 100 valence electrons. The molecule has 0 saturated heterocycles. The van der Waals surface area contributed by atoms with Gasteiger partial charge in [-0.3, -0.25) is 9.59 Å². The number of aliphatic carboxylic acids is 1. The van der Waals surface area contributed by atoms with Crippen LogP contribution in [0.1, 0.15) is 20.3 Å². The molecule has 0 aromatic heterocycles. The average molecular weight is 249 g/mol. The van der Waals surface area contributed by atoms with Gasteiger partial charge in [0.1, 0.15) is 6.10 Å². The van der Waals surface area contributed by atoms with Gasteiger partial charge in [0.15, 0.2) is 0 Å². The van der Waals surface area contributed by atoms with Crippen LogP contribution in [0.25, 0.3) is 0 Å². The molecule has 0 fully saturated rings. The lowest BCUT2D eigenvalue weighted by Gasteiger charge is -2.27. The number of nitrogens with one attached hydrogen (secondary N) is 1. The molecule has 0 aromatic carbocycles. The highest BCUT2D eigenvalue weighted by Gasteiger charge is 2.33. The first-order chi connectivity index (χ1) is 7.70. The van der Waals surface area contributed by atoms with Gasteiger partial charge in [0.2, 0.25) is 5.91 Å². The molecule has 0 heterocycles. The minimum atomic E-state index is -1.43. The number of rotatable bonds is 7. The van der Waals surface area contributed by atoms with Crippen LogP contribution in [0, 0.1) is 5.41 Å². The van der Waals surface area contributed by atoms with Crippen molar-refractivity contribution >= 4 is 11.9 Å². The Hall–Kier alpha value is -1.18. The fraction of sp³-hybridized carbons (Fsp3) is 0.800. The van der Waals surface area contributed by atoms with Crippen molar-refractivity contribution in [1.82, 2.24) is 5.32 Å². The van der Waals surface area contributed by atoms with Gasteiger partial charge < -0.3 is 25.7 Å². The molecule has 0 aliphatic heterocycles. The summed E-state index contributed by atoms with van der Waals surface area (Å²) >= 11 is 0. The number of carbonyl (C=O) groups excluding carboxylic acids is 1. The molecule has 17 heavy (non-hydrogen) atoms. The Bertz CT molecular complexity index is 278. The van der Waals surface area contributed by atoms with Crippen LogP contribution in [0.5, 0.6) is 0 Å². The highest BCUT2D eigenvalue weighted by molar-refractivity contribution is 5.81. The molecule has 0 aromatic rings. The summed E-state index contributed by atoms with van der Waals surface area (Å²) in [4.78, 5) is 21.6. The van der Waals surface area contributed by atoms with Gasteiger partial charge in [0.05, 0.1) is 19.1 Å². The predicted octanol–water partition coefficient (Wildman–Crippen LogP) is -1.68. The minimum Gasteiger partial charge on any atom is -0.481 e. The maximum Gasteiger partial charge on any atom is 0.306 e. The number of amides is 1. The molecule has 0 aliphatic carbocycles. The summed E-state index contributed by atoms with van der Waals surface area (Å²) in [6.45, 7) is 2.37. The number of hydrogen-bond donors (Lipinski definition) is 5. The van der Waals surface area contributed by atoms with E-state index in [1.54, 1.807) is 0 Å². The Balaban J connectivity index is 4.14. The van der Waals surface area contributed by atoms with Crippen LogP contribution >= 0.6 is 0 Å². The second-order valence-electron chi connectivity index (χ2n) is 4.55. The molecule has 7 heteroatoms. The van der Waals surface area contributed by atoms with Crippen LogP contribution in [0.15, 0.2) is 0 Å². The fourth-order valence-corrected chi connectivity index (χ4v) is 1.03. The maximum atomic E-state index is 11.4. The average Bonchev–Trinajstić information content (AvgIpc) is 2.23. The second kappa shape index (κ2) is 6.53. The predicted molar refractivity (Wildman–Crippen MR) is 58.1 cm³/mol. The van der Waals surface area contributed by atoms with Gasteiger partial charge in [0, 0.05) is 12.0 Å². The van der Waals surface area contributed by atoms with Gasteiger partial charge in [0.25, 0.3) is 0 Å². The third kappa shape index (κ3) is 5.62. The molecule has 2 unspecified atom stereocenters. The Kier molecular flexibility index (Phi) is 6.08. The Labute approximate surface area is 99.1 Å². The monoisotopic (exact) mass is 249 g/mol. The highest BCUT2D eigenvalue weighted by atomic mass is 16.4. The van der Waals surface area contributed by atoms with Crippen LogP contribution in [0.3, 0.4) is 0 Å². The van der Waals surface area contributed by atoms with E-state index in [2.05, 4.69) is 5.32 Å².